The molecular formula is C8H17NO4. The zero-order valence-electron chi connectivity index (χ0n) is 8.08. The number of hydrogen-bond donors (Lipinski definition) is 2. The van der Waals surface area contributed by atoms with Crippen LogP contribution in [-0.4, -0.2) is 50.6 Å². The molecule has 0 aliphatic rings. The molecule has 0 saturated heterocycles. The molecule has 5 nitrogen and oxygen atoms in total. The third-order valence-electron chi connectivity index (χ3n) is 1.45. The van der Waals surface area contributed by atoms with Crippen molar-refractivity contribution in [3.8, 4) is 0 Å². The van der Waals surface area contributed by atoms with Gasteiger partial charge in [0.2, 0.25) is 0 Å². The molecule has 0 aromatic rings. The molecule has 0 saturated carbocycles. The van der Waals surface area contributed by atoms with Crippen molar-refractivity contribution in [1.29, 1.82) is 0 Å². The van der Waals surface area contributed by atoms with Crippen LogP contribution in [0.2, 0.25) is 0 Å². The first kappa shape index (κ1) is 12.3. The molecule has 0 amide bonds. The van der Waals surface area contributed by atoms with Crippen molar-refractivity contribution < 1.29 is 19.4 Å². The third-order valence-corrected chi connectivity index (χ3v) is 1.45. The topological polar surface area (TPSA) is 67.8 Å². The quantitative estimate of drug-likeness (QED) is 0.516. The maximum Gasteiger partial charge on any atom is 0.317 e. The summed E-state index contributed by atoms with van der Waals surface area (Å²) in [5, 5.41) is 11.0. The van der Waals surface area contributed by atoms with Gasteiger partial charge in [0.25, 0.3) is 0 Å². The lowest BCUT2D eigenvalue weighted by Gasteiger charge is -2.09. The van der Waals surface area contributed by atoms with Gasteiger partial charge in [-0.3, -0.25) is 4.79 Å². The fourth-order valence-electron chi connectivity index (χ4n) is 0.657. The molecule has 0 aromatic carbocycles. The Hall–Kier alpha value is -0.650. The lowest BCUT2D eigenvalue weighted by atomic mass is 10.4. The van der Waals surface area contributed by atoms with Gasteiger partial charge in [0.05, 0.1) is 25.9 Å². The molecular weight excluding hydrogens is 174 g/mol. The fourth-order valence-corrected chi connectivity index (χ4v) is 0.657. The molecule has 0 aliphatic carbocycles. The van der Waals surface area contributed by atoms with Crippen LogP contribution in [0.5, 0.6) is 0 Å². The van der Waals surface area contributed by atoms with Crippen molar-refractivity contribution in [2.75, 3.05) is 33.4 Å². The largest absolute Gasteiger partial charge is 0.480 e. The van der Waals surface area contributed by atoms with Crippen molar-refractivity contribution in [3.63, 3.8) is 0 Å². The summed E-state index contributed by atoms with van der Waals surface area (Å²) in [5.41, 5.74) is 0. The van der Waals surface area contributed by atoms with E-state index in [-0.39, 0.29) is 12.6 Å². The Morgan fingerprint density at radius 3 is 2.85 bits per heavy atom. The first-order valence-electron chi connectivity index (χ1n) is 4.20. The van der Waals surface area contributed by atoms with Gasteiger partial charge in [-0.25, -0.2) is 0 Å². The van der Waals surface area contributed by atoms with E-state index in [2.05, 4.69) is 5.32 Å². The molecule has 0 fully saturated rings. The van der Waals surface area contributed by atoms with Gasteiger partial charge in [0.1, 0.15) is 0 Å². The van der Waals surface area contributed by atoms with Crippen molar-refractivity contribution >= 4 is 5.97 Å². The van der Waals surface area contributed by atoms with E-state index < -0.39 is 5.97 Å². The minimum absolute atomic E-state index is 0.0246. The van der Waals surface area contributed by atoms with Crippen molar-refractivity contribution in [1.82, 2.24) is 5.32 Å². The number of aliphatic carboxylic acids is 1. The van der Waals surface area contributed by atoms with Crippen LogP contribution in [0.1, 0.15) is 6.92 Å². The molecule has 0 spiro atoms. The molecule has 1 unspecified atom stereocenters. The maximum atomic E-state index is 10.1. The summed E-state index contributed by atoms with van der Waals surface area (Å²) in [6.07, 6.45) is 0.0828. The van der Waals surface area contributed by atoms with Crippen molar-refractivity contribution in [3.05, 3.63) is 0 Å². The summed E-state index contributed by atoms with van der Waals surface area (Å²) in [4.78, 5) is 10.1. The smallest absolute Gasteiger partial charge is 0.317 e. The molecule has 0 rings (SSSR count). The number of carbonyl (C=O) groups is 1. The van der Waals surface area contributed by atoms with Gasteiger partial charge >= 0.3 is 5.97 Å². The fraction of sp³-hybridized carbons (Fsp3) is 0.875. The summed E-state index contributed by atoms with van der Waals surface area (Å²) >= 11 is 0. The normalized spacial score (nSPS) is 12.8. The Morgan fingerprint density at radius 2 is 2.31 bits per heavy atom. The van der Waals surface area contributed by atoms with Gasteiger partial charge in [-0.2, -0.15) is 0 Å². The van der Waals surface area contributed by atoms with Crippen LogP contribution >= 0.6 is 0 Å². The number of ether oxygens (including phenoxy) is 2. The second-order valence-electron chi connectivity index (χ2n) is 2.69. The molecule has 0 radical (unpaired) electrons. The van der Waals surface area contributed by atoms with Crippen LogP contribution in [0.25, 0.3) is 0 Å². The summed E-state index contributed by atoms with van der Waals surface area (Å²) < 4.78 is 10.1. The monoisotopic (exact) mass is 191 g/mol. The molecule has 0 aliphatic heterocycles. The number of nitrogens with one attached hydrogen (secondary N) is 1. The lowest BCUT2D eigenvalue weighted by molar-refractivity contribution is -0.136. The molecule has 2 N–H and O–H groups in total. The predicted octanol–water partition coefficient (Wildman–Crippen LogP) is -0.288. The van der Waals surface area contributed by atoms with Crippen LogP contribution in [0.3, 0.4) is 0 Å². The molecule has 5 heteroatoms. The zero-order valence-corrected chi connectivity index (χ0v) is 8.08. The highest BCUT2D eigenvalue weighted by molar-refractivity contribution is 5.68. The van der Waals surface area contributed by atoms with Gasteiger partial charge < -0.3 is 19.9 Å². The van der Waals surface area contributed by atoms with E-state index in [1.165, 1.54) is 0 Å². The minimum atomic E-state index is -0.856. The predicted molar refractivity (Wildman–Crippen MR) is 47.8 cm³/mol. The standard InChI is InChI=1S/C8H17NO4/c1-7(12-2)6-13-4-3-9-5-8(10)11/h7,9H,3-6H2,1-2H3,(H,10,11). The molecule has 13 heavy (non-hydrogen) atoms. The molecule has 78 valence electrons. The van der Waals surface area contributed by atoms with Gasteiger partial charge in [-0.1, -0.05) is 0 Å². The van der Waals surface area contributed by atoms with Gasteiger partial charge in [-0.15, -0.1) is 0 Å². The van der Waals surface area contributed by atoms with Crippen LogP contribution in [-0.2, 0) is 14.3 Å². The van der Waals surface area contributed by atoms with Crippen LogP contribution < -0.4 is 5.32 Å². The molecule has 0 aromatic heterocycles. The summed E-state index contributed by atoms with van der Waals surface area (Å²) in [6, 6.07) is 0. The highest BCUT2D eigenvalue weighted by Crippen LogP contribution is 1.87. The van der Waals surface area contributed by atoms with E-state index in [1.807, 2.05) is 6.92 Å². The second-order valence-corrected chi connectivity index (χ2v) is 2.69. The Balaban J connectivity index is 3.04. The number of carboxylic acid groups (broad SMARTS) is 1. The lowest BCUT2D eigenvalue weighted by Crippen LogP contribution is -2.27. The second kappa shape index (κ2) is 7.97. The van der Waals surface area contributed by atoms with Crippen molar-refractivity contribution in [2.24, 2.45) is 0 Å². The molecule has 0 heterocycles. The highest BCUT2D eigenvalue weighted by Gasteiger charge is 1.98. The number of methoxy groups -OCH3 is 1. The van der Waals surface area contributed by atoms with Crippen molar-refractivity contribution in [2.45, 2.75) is 13.0 Å². The van der Waals surface area contributed by atoms with E-state index in [1.54, 1.807) is 7.11 Å². The summed E-state index contributed by atoms with van der Waals surface area (Å²) in [6.45, 7) is 3.46. The van der Waals surface area contributed by atoms with Crippen LogP contribution in [0.15, 0.2) is 0 Å². The van der Waals surface area contributed by atoms with E-state index in [0.29, 0.717) is 19.8 Å². The number of rotatable bonds is 8. The highest BCUT2D eigenvalue weighted by atomic mass is 16.5. The first-order chi connectivity index (χ1) is 6.16. The third kappa shape index (κ3) is 9.26. The Bertz CT molecular complexity index is 140. The van der Waals surface area contributed by atoms with E-state index in [4.69, 9.17) is 14.6 Å². The Kier molecular flexibility index (Phi) is 7.57. The average molecular weight is 191 g/mol. The van der Waals surface area contributed by atoms with E-state index in [9.17, 15) is 4.79 Å². The first-order valence-corrected chi connectivity index (χ1v) is 4.20. The maximum absolute atomic E-state index is 10.1. The SMILES string of the molecule is COC(C)COCCNCC(=O)O. The van der Waals surface area contributed by atoms with E-state index >= 15 is 0 Å². The summed E-state index contributed by atoms with van der Waals surface area (Å²) in [5.74, 6) is -0.856. The zero-order chi connectivity index (χ0) is 10.1. The average Bonchev–Trinajstić information content (AvgIpc) is 2.10. The van der Waals surface area contributed by atoms with Gasteiger partial charge in [0, 0.05) is 13.7 Å². The minimum Gasteiger partial charge on any atom is -0.480 e. The van der Waals surface area contributed by atoms with Crippen LogP contribution in [0, 0.1) is 0 Å². The Morgan fingerprint density at radius 1 is 1.62 bits per heavy atom. The molecule has 1 atom stereocenters. The van der Waals surface area contributed by atoms with E-state index in [0.717, 1.165) is 0 Å². The number of carboxylic acids is 1. The van der Waals surface area contributed by atoms with Gasteiger partial charge in [0.15, 0.2) is 0 Å². The van der Waals surface area contributed by atoms with Gasteiger partial charge in [-0.05, 0) is 6.92 Å². The van der Waals surface area contributed by atoms with Crippen LogP contribution in [0.4, 0.5) is 0 Å². The number of hydrogen-bond acceptors (Lipinski definition) is 4. The molecule has 0 bridgehead atoms. The Labute approximate surface area is 78.0 Å². The summed E-state index contributed by atoms with van der Waals surface area (Å²) in [7, 11) is 1.62.